The second-order valence-corrected chi connectivity index (χ2v) is 5.87. The van der Waals surface area contributed by atoms with Gasteiger partial charge in [0, 0.05) is 17.5 Å². The Morgan fingerprint density at radius 1 is 1.32 bits per heavy atom. The minimum Gasteiger partial charge on any atom is -0.390 e. The molecule has 3 N–H and O–H groups in total. The number of anilines is 1. The third kappa shape index (κ3) is 1.92. The monoisotopic (exact) mass is 272 g/mol. The second-order valence-electron chi connectivity index (χ2n) is 4.73. The Morgan fingerprint density at radius 2 is 2.11 bits per heavy atom. The number of hydrogen-bond acceptors (Lipinski definition) is 3. The van der Waals surface area contributed by atoms with Crippen molar-refractivity contribution >= 4 is 22.2 Å². The predicted octanol–water partition coefficient (Wildman–Crippen LogP) is 2.85. The minimum absolute atomic E-state index is 0.0910. The van der Waals surface area contributed by atoms with Crippen LogP contribution in [0, 0.1) is 0 Å². The highest BCUT2D eigenvalue weighted by Gasteiger charge is 2.25. The topological polar surface area (TPSA) is 55.1 Å². The van der Waals surface area contributed by atoms with E-state index in [0.717, 1.165) is 24.8 Å². The first-order valence-electron chi connectivity index (χ1n) is 6.44. The normalized spacial score (nSPS) is 13.3. The van der Waals surface area contributed by atoms with Gasteiger partial charge in [-0.15, -0.1) is 11.3 Å². The number of rotatable bonds is 1. The fourth-order valence-corrected chi connectivity index (χ4v) is 3.85. The number of amides is 1. The maximum absolute atomic E-state index is 12.1. The van der Waals surface area contributed by atoms with Crippen molar-refractivity contribution in [3.63, 3.8) is 0 Å². The van der Waals surface area contributed by atoms with Crippen LogP contribution in [0.25, 0.3) is 11.1 Å². The predicted molar refractivity (Wildman–Crippen MR) is 79.6 cm³/mol. The summed E-state index contributed by atoms with van der Waals surface area (Å²) in [5, 5.41) is 3.32. The molecule has 3 nitrogen and oxygen atoms in total. The van der Waals surface area contributed by atoms with Gasteiger partial charge in [0.15, 0.2) is 0 Å². The van der Waals surface area contributed by atoms with Crippen molar-refractivity contribution in [3.05, 3.63) is 40.3 Å². The van der Waals surface area contributed by atoms with Crippen molar-refractivity contribution in [2.75, 3.05) is 12.8 Å². The van der Waals surface area contributed by atoms with E-state index >= 15 is 0 Å². The molecule has 1 heterocycles. The molecule has 0 fully saturated rings. The third-order valence-corrected chi connectivity index (χ3v) is 4.68. The van der Waals surface area contributed by atoms with Gasteiger partial charge in [-0.25, -0.2) is 0 Å². The van der Waals surface area contributed by atoms with Gasteiger partial charge in [0.05, 0.1) is 10.6 Å². The number of nitrogens with two attached hydrogens (primary N) is 1. The number of aryl methyl sites for hydroxylation is 2. The van der Waals surface area contributed by atoms with Crippen LogP contribution in [0.3, 0.4) is 0 Å². The van der Waals surface area contributed by atoms with Gasteiger partial charge in [-0.1, -0.05) is 24.3 Å². The molecule has 0 saturated carbocycles. The van der Waals surface area contributed by atoms with Gasteiger partial charge in [-0.2, -0.15) is 0 Å². The Bertz CT molecular complexity index is 646. The van der Waals surface area contributed by atoms with Gasteiger partial charge < -0.3 is 11.1 Å². The number of fused-ring (bicyclic) bond motifs is 3. The Labute approximate surface area is 116 Å². The summed E-state index contributed by atoms with van der Waals surface area (Å²) in [5.41, 5.74) is 10.2. The molecule has 4 heteroatoms. The Balaban J connectivity index is 2.30. The lowest BCUT2D eigenvalue weighted by molar-refractivity contribution is 0.0965. The molecular formula is C15H16N2OS. The highest BCUT2D eigenvalue weighted by Crippen LogP contribution is 2.42. The van der Waals surface area contributed by atoms with Gasteiger partial charge in [0.2, 0.25) is 0 Å². The summed E-state index contributed by atoms with van der Waals surface area (Å²) in [6.07, 6.45) is 3.16. The molecule has 3 rings (SSSR count). The summed E-state index contributed by atoms with van der Waals surface area (Å²) in [5.74, 6) is -0.0910. The molecule has 1 aromatic carbocycles. The lowest BCUT2D eigenvalue weighted by Crippen LogP contribution is -2.19. The summed E-state index contributed by atoms with van der Waals surface area (Å²) in [6, 6.07) is 8.32. The average Bonchev–Trinajstić information content (AvgIpc) is 2.64. The maximum Gasteiger partial charge on any atom is 0.254 e. The fraction of sp³-hybridized carbons (Fsp3) is 0.267. The SMILES string of the molecule is CNC(=O)c1c(N)sc2c1-c1ccccc1CCC2. The molecule has 19 heavy (non-hydrogen) atoms. The van der Waals surface area contributed by atoms with Crippen LogP contribution < -0.4 is 11.1 Å². The molecule has 1 aliphatic carbocycles. The first kappa shape index (κ1) is 12.2. The number of nitrogen functional groups attached to an aromatic ring is 1. The summed E-state index contributed by atoms with van der Waals surface area (Å²) >= 11 is 1.55. The number of carbonyl (C=O) groups excluding carboxylic acids is 1. The molecule has 0 spiro atoms. The lowest BCUT2D eigenvalue weighted by Gasteiger charge is -2.09. The van der Waals surface area contributed by atoms with Crippen LogP contribution in [-0.4, -0.2) is 13.0 Å². The number of hydrogen-bond donors (Lipinski definition) is 2. The van der Waals surface area contributed by atoms with E-state index in [1.54, 1.807) is 18.4 Å². The van der Waals surface area contributed by atoms with Gasteiger partial charge >= 0.3 is 0 Å². The van der Waals surface area contributed by atoms with Gasteiger partial charge in [0.25, 0.3) is 5.91 Å². The smallest absolute Gasteiger partial charge is 0.254 e. The first-order chi connectivity index (χ1) is 9.22. The summed E-state index contributed by atoms with van der Waals surface area (Å²) in [7, 11) is 1.65. The summed E-state index contributed by atoms with van der Waals surface area (Å²) in [6.45, 7) is 0. The fourth-order valence-electron chi connectivity index (χ4n) is 2.73. The van der Waals surface area contributed by atoms with E-state index in [1.807, 2.05) is 6.07 Å². The number of thiophene rings is 1. The van der Waals surface area contributed by atoms with E-state index in [-0.39, 0.29) is 5.91 Å². The quantitative estimate of drug-likeness (QED) is 0.838. The zero-order chi connectivity index (χ0) is 13.4. The Morgan fingerprint density at radius 3 is 2.89 bits per heavy atom. The molecule has 1 amide bonds. The number of nitrogens with one attached hydrogen (secondary N) is 1. The van der Waals surface area contributed by atoms with Crippen molar-refractivity contribution in [3.8, 4) is 11.1 Å². The van der Waals surface area contributed by atoms with Gasteiger partial charge in [-0.05, 0) is 30.4 Å². The van der Waals surface area contributed by atoms with Crippen LogP contribution in [0.2, 0.25) is 0 Å². The largest absolute Gasteiger partial charge is 0.390 e. The van der Waals surface area contributed by atoms with E-state index in [4.69, 9.17) is 5.73 Å². The molecule has 1 aromatic heterocycles. The molecule has 1 aliphatic rings. The number of benzene rings is 1. The van der Waals surface area contributed by atoms with E-state index < -0.39 is 0 Å². The molecule has 0 radical (unpaired) electrons. The van der Waals surface area contributed by atoms with E-state index in [9.17, 15) is 4.79 Å². The maximum atomic E-state index is 12.1. The third-order valence-electron chi connectivity index (χ3n) is 3.60. The average molecular weight is 272 g/mol. The molecular weight excluding hydrogens is 256 g/mol. The van der Waals surface area contributed by atoms with Crippen molar-refractivity contribution in [1.29, 1.82) is 0 Å². The van der Waals surface area contributed by atoms with E-state index in [0.29, 0.717) is 10.6 Å². The zero-order valence-corrected chi connectivity index (χ0v) is 11.6. The summed E-state index contributed by atoms with van der Waals surface area (Å²) < 4.78 is 0. The Kier molecular flexibility index (Phi) is 3.03. The van der Waals surface area contributed by atoms with Crippen LogP contribution in [0.1, 0.15) is 27.2 Å². The van der Waals surface area contributed by atoms with Crippen molar-refractivity contribution in [1.82, 2.24) is 5.32 Å². The highest BCUT2D eigenvalue weighted by molar-refractivity contribution is 7.17. The standard InChI is InChI=1S/C15H16N2OS/c1-17-15(18)13-12-10-7-3-2-5-9(10)6-4-8-11(12)19-14(13)16/h2-3,5,7H,4,6,8,16H2,1H3,(H,17,18). The molecule has 2 aromatic rings. The van der Waals surface area contributed by atoms with E-state index in [1.165, 1.54) is 16.0 Å². The van der Waals surface area contributed by atoms with Crippen LogP contribution >= 0.6 is 11.3 Å². The zero-order valence-electron chi connectivity index (χ0n) is 10.8. The van der Waals surface area contributed by atoms with Gasteiger partial charge in [0.1, 0.15) is 0 Å². The molecule has 0 unspecified atom stereocenters. The van der Waals surface area contributed by atoms with Gasteiger partial charge in [-0.3, -0.25) is 4.79 Å². The highest BCUT2D eigenvalue weighted by atomic mass is 32.1. The minimum atomic E-state index is -0.0910. The summed E-state index contributed by atoms with van der Waals surface area (Å²) in [4.78, 5) is 13.3. The number of carbonyl (C=O) groups is 1. The second kappa shape index (κ2) is 4.70. The van der Waals surface area contributed by atoms with Crippen LogP contribution in [0.15, 0.2) is 24.3 Å². The lowest BCUT2D eigenvalue weighted by atomic mass is 9.96. The van der Waals surface area contributed by atoms with Crippen LogP contribution in [0.4, 0.5) is 5.00 Å². The molecule has 0 atom stereocenters. The van der Waals surface area contributed by atoms with Crippen molar-refractivity contribution in [2.24, 2.45) is 0 Å². The van der Waals surface area contributed by atoms with Crippen LogP contribution in [0.5, 0.6) is 0 Å². The van der Waals surface area contributed by atoms with Crippen LogP contribution in [-0.2, 0) is 12.8 Å². The Hall–Kier alpha value is -1.81. The van der Waals surface area contributed by atoms with E-state index in [2.05, 4.69) is 23.5 Å². The van der Waals surface area contributed by atoms with Crippen molar-refractivity contribution < 1.29 is 4.79 Å². The first-order valence-corrected chi connectivity index (χ1v) is 7.25. The molecule has 0 saturated heterocycles. The van der Waals surface area contributed by atoms with Crippen molar-refractivity contribution in [2.45, 2.75) is 19.3 Å². The molecule has 98 valence electrons. The molecule has 0 aliphatic heterocycles. The molecule has 0 bridgehead atoms.